The Balaban J connectivity index is 1.59. The number of rotatable bonds is 12. The van der Waals surface area contributed by atoms with Crippen molar-refractivity contribution in [3.8, 4) is 0 Å². The molecule has 9 nitrogen and oxygen atoms in total. The second-order valence-electron chi connectivity index (χ2n) is 8.53. The molecule has 1 aromatic heterocycles. The number of pyridine rings is 1. The largest absolute Gasteiger partial charge is 0.445 e. The fourth-order valence-electron chi connectivity index (χ4n) is 3.63. The van der Waals surface area contributed by atoms with E-state index in [1.165, 1.54) is 6.92 Å². The predicted molar refractivity (Wildman–Crippen MR) is 139 cm³/mol. The van der Waals surface area contributed by atoms with Crippen molar-refractivity contribution in [1.29, 1.82) is 0 Å². The Morgan fingerprint density at radius 3 is 2.27 bits per heavy atom. The molecule has 0 radical (unpaired) electrons. The molecular formula is C28H32N4O5. The molecule has 194 valence electrons. The number of hydrogen-bond donors (Lipinski definition) is 4. The fourth-order valence-corrected chi connectivity index (χ4v) is 3.63. The minimum atomic E-state index is -0.831. The lowest BCUT2D eigenvalue weighted by molar-refractivity contribution is -0.119. The van der Waals surface area contributed by atoms with Crippen molar-refractivity contribution >= 4 is 23.6 Å². The summed E-state index contributed by atoms with van der Waals surface area (Å²) in [6, 6.07) is 18.7. The first-order valence-corrected chi connectivity index (χ1v) is 12.1. The molecule has 1 heterocycles. The van der Waals surface area contributed by atoms with E-state index < -0.39 is 24.1 Å². The molecule has 0 fully saturated rings. The van der Waals surface area contributed by atoms with E-state index in [-0.39, 0.29) is 12.5 Å². The van der Waals surface area contributed by atoms with Gasteiger partial charge in [-0.25, -0.2) is 4.79 Å². The van der Waals surface area contributed by atoms with Crippen LogP contribution >= 0.6 is 0 Å². The van der Waals surface area contributed by atoms with Gasteiger partial charge in [0.2, 0.25) is 11.8 Å². The highest BCUT2D eigenvalue weighted by atomic mass is 16.5. The number of hydrogen-bond acceptors (Lipinski definition) is 6. The Morgan fingerprint density at radius 1 is 0.919 bits per heavy atom. The van der Waals surface area contributed by atoms with E-state index >= 15 is 0 Å². The zero-order valence-electron chi connectivity index (χ0n) is 20.7. The summed E-state index contributed by atoms with van der Waals surface area (Å²) in [7, 11) is 0. The molecule has 0 saturated heterocycles. The van der Waals surface area contributed by atoms with Crippen LogP contribution in [0.3, 0.4) is 0 Å². The van der Waals surface area contributed by atoms with Crippen LogP contribution in [0.2, 0.25) is 0 Å². The van der Waals surface area contributed by atoms with Gasteiger partial charge in [-0.1, -0.05) is 42.5 Å². The third-order valence-electron chi connectivity index (χ3n) is 5.63. The molecule has 4 N–H and O–H groups in total. The quantitative estimate of drug-likeness (QED) is 0.278. The van der Waals surface area contributed by atoms with Crippen molar-refractivity contribution in [1.82, 2.24) is 15.6 Å². The number of benzene rings is 2. The maximum absolute atomic E-state index is 13.0. The van der Waals surface area contributed by atoms with E-state index in [0.717, 1.165) is 5.56 Å². The molecule has 0 saturated carbocycles. The normalized spacial score (nSPS) is 12.2. The van der Waals surface area contributed by atoms with Gasteiger partial charge in [0.25, 0.3) is 0 Å². The van der Waals surface area contributed by atoms with Gasteiger partial charge < -0.3 is 25.8 Å². The number of carbonyl (C=O) groups excluding carboxylic acids is 3. The van der Waals surface area contributed by atoms with E-state index in [1.807, 2.05) is 30.3 Å². The summed E-state index contributed by atoms with van der Waals surface area (Å²) >= 11 is 0. The molecular weight excluding hydrogens is 472 g/mol. The first-order valence-electron chi connectivity index (χ1n) is 12.1. The van der Waals surface area contributed by atoms with E-state index in [0.29, 0.717) is 42.6 Å². The van der Waals surface area contributed by atoms with Gasteiger partial charge in [-0.2, -0.15) is 0 Å². The van der Waals surface area contributed by atoms with E-state index in [9.17, 15) is 19.5 Å². The van der Waals surface area contributed by atoms with Crippen LogP contribution in [0.4, 0.5) is 10.5 Å². The number of alkyl carbamates (subject to hydrolysis) is 1. The maximum atomic E-state index is 13.0. The van der Waals surface area contributed by atoms with Gasteiger partial charge in [-0.3, -0.25) is 14.6 Å². The molecule has 0 aliphatic rings. The Kier molecular flexibility index (Phi) is 10.6. The van der Waals surface area contributed by atoms with Crippen LogP contribution in [0.1, 0.15) is 49.0 Å². The lowest BCUT2D eigenvalue weighted by Crippen LogP contribution is -2.44. The Bertz CT molecular complexity index is 1140. The summed E-state index contributed by atoms with van der Waals surface area (Å²) in [5, 5.41) is 18.7. The third-order valence-corrected chi connectivity index (χ3v) is 5.63. The van der Waals surface area contributed by atoms with Crippen LogP contribution in [0.15, 0.2) is 79.1 Å². The van der Waals surface area contributed by atoms with Crippen LogP contribution < -0.4 is 16.0 Å². The van der Waals surface area contributed by atoms with Crippen LogP contribution in [0.5, 0.6) is 0 Å². The van der Waals surface area contributed by atoms with E-state index in [4.69, 9.17) is 4.74 Å². The number of nitrogens with zero attached hydrogens (tertiary/aromatic N) is 1. The van der Waals surface area contributed by atoms with Gasteiger partial charge in [0.1, 0.15) is 18.8 Å². The highest BCUT2D eigenvalue weighted by Gasteiger charge is 2.22. The molecule has 0 spiro atoms. The molecule has 0 bridgehead atoms. The Morgan fingerprint density at radius 2 is 1.59 bits per heavy atom. The van der Waals surface area contributed by atoms with Gasteiger partial charge in [0.05, 0.1) is 0 Å². The maximum Gasteiger partial charge on any atom is 0.408 e. The fraction of sp³-hybridized carbons (Fsp3) is 0.286. The topological polar surface area (TPSA) is 130 Å². The minimum Gasteiger partial charge on any atom is -0.445 e. The van der Waals surface area contributed by atoms with Gasteiger partial charge in [-0.05, 0) is 60.2 Å². The summed E-state index contributed by atoms with van der Waals surface area (Å²) in [6.45, 7) is 2.02. The average molecular weight is 505 g/mol. The van der Waals surface area contributed by atoms with Crippen LogP contribution in [0.25, 0.3) is 0 Å². The number of unbranched alkanes of at least 4 members (excludes halogenated alkanes) is 1. The molecule has 1 unspecified atom stereocenters. The minimum absolute atomic E-state index is 0.0881. The number of aromatic nitrogens is 1. The van der Waals surface area contributed by atoms with E-state index in [1.54, 1.807) is 48.8 Å². The summed E-state index contributed by atoms with van der Waals surface area (Å²) < 4.78 is 5.28. The van der Waals surface area contributed by atoms with Crippen LogP contribution in [-0.4, -0.2) is 40.6 Å². The summed E-state index contributed by atoms with van der Waals surface area (Å²) in [6.07, 6.45) is 3.35. The molecule has 9 heteroatoms. The van der Waals surface area contributed by atoms with Crippen molar-refractivity contribution in [2.45, 2.75) is 44.9 Å². The molecule has 37 heavy (non-hydrogen) atoms. The summed E-state index contributed by atoms with van der Waals surface area (Å²) in [5.41, 5.74) is 2.74. The zero-order chi connectivity index (χ0) is 26.5. The first-order chi connectivity index (χ1) is 17.9. The molecule has 2 aromatic carbocycles. The molecule has 3 amide bonds. The SMILES string of the molecule is CC(=O)NCCCC[C@H](NC(=O)OCc1ccccc1)C(=O)Nc1ccc(C(O)c2ccncc2)cc1. The van der Waals surface area contributed by atoms with Gasteiger partial charge in [0.15, 0.2) is 0 Å². The molecule has 0 aliphatic carbocycles. The summed E-state index contributed by atoms with van der Waals surface area (Å²) in [4.78, 5) is 40.5. The van der Waals surface area contributed by atoms with Crippen LogP contribution in [0, 0.1) is 0 Å². The number of anilines is 1. The van der Waals surface area contributed by atoms with Gasteiger partial charge >= 0.3 is 6.09 Å². The second-order valence-corrected chi connectivity index (χ2v) is 8.53. The Hall–Kier alpha value is -4.24. The van der Waals surface area contributed by atoms with Crippen molar-refractivity contribution in [3.63, 3.8) is 0 Å². The van der Waals surface area contributed by atoms with Gasteiger partial charge in [0, 0.05) is 31.5 Å². The smallest absolute Gasteiger partial charge is 0.408 e. The van der Waals surface area contributed by atoms with E-state index in [2.05, 4.69) is 20.9 Å². The molecule has 0 aliphatic heterocycles. The Labute approximate surface area is 216 Å². The highest BCUT2D eigenvalue weighted by Crippen LogP contribution is 2.23. The zero-order valence-corrected chi connectivity index (χ0v) is 20.7. The van der Waals surface area contributed by atoms with Crippen molar-refractivity contribution in [2.75, 3.05) is 11.9 Å². The number of aliphatic hydroxyl groups excluding tert-OH is 1. The standard InChI is InChI=1S/C28H32N4O5/c1-20(33)30-16-6-5-9-25(32-28(36)37-19-21-7-3-2-4-8-21)27(35)31-24-12-10-22(11-13-24)26(34)23-14-17-29-18-15-23/h2-4,7-8,10-15,17-18,25-26,34H,5-6,9,16,19H2,1H3,(H,30,33)(H,31,35)(H,32,36)/t25-,26?/m0/s1. The predicted octanol–water partition coefficient (Wildman–Crippen LogP) is 3.70. The van der Waals surface area contributed by atoms with Crippen molar-refractivity contribution < 1.29 is 24.2 Å². The number of carbonyl (C=O) groups is 3. The average Bonchev–Trinajstić information content (AvgIpc) is 2.92. The summed E-state index contributed by atoms with van der Waals surface area (Å²) in [5.74, 6) is -0.506. The lowest BCUT2D eigenvalue weighted by atomic mass is 10.0. The number of amides is 3. The number of aliphatic hydroxyl groups is 1. The molecule has 3 rings (SSSR count). The first kappa shape index (κ1) is 27.3. The third kappa shape index (κ3) is 9.38. The van der Waals surface area contributed by atoms with Gasteiger partial charge in [-0.15, -0.1) is 0 Å². The number of nitrogens with one attached hydrogen (secondary N) is 3. The number of ether oxygens (including phenoxy) is 1. The molecule has 3 aromatic rings. The molecule has 2 atom stereocenters. The monoisotopic (exact) mass is 504 g/mol. The lowest BCUT2D eigenvalue weighted by Gasteiger charge is -2.19. The second kappa shape index (κ2) is 14.4. The van der Waals surface area contributed by atoms with Crippen LogP contribution in [-0.2, 0) is 20.9 Å². The van der Waals surface area contributed by atoms with Crippen molar-refractivity contribution in [3.05, 3.63) is 95.8 Å². The van der Waals surface area contributed by atoms with Crippen molar-refractivity contribution in [2.24, 2.45) is 0 Å². The highest BCUT2D eigenvalue weighted by molar-refractivity contribution is 5.96.